The minimum Gasteiger partial charge on any atom is -0.756 e. The number of phosphoric ester groups is 1. The summed E-state index contributed by atoms with van der Waals surface area (Å²) in [7, 11) is 1.19. The lowest BCUT2D eigenvalue weighted by Crippen LogP contribution is -2.37. The molecule has 0 amide bonds. The van der Waals surface area contributed by atoms with E-state index in [1.54, 1.807) is 0 Å². The van der Waals surface area contributed by atoms with Gasteiger partial charge in [-0.2, -0.15) is 0 Å². The van der Waals surface area contributed by atoms with E-state index in [4.69, 9.17) is 18.5 Å². The summed E-state index contributed by atoms with van der Waals surface area (Å²) in [5.74, 6) is -0.808. The zero-order valence-electron chi connectivity index (χ0n) is 60.4. The average molecular weight is 1290 g/mol. The fraction of sp³-hybridized carbons (Fsp3) is 0.850. The van der Waals surface area contributed by atoms with Crippen LogP contribution in [0.2, 0.25) is 0 Å². The number of carbonyl (C=O) groups excluding carboxylic acids is 2. The number of quaternary nitrogens is 1. The molecule has 528 valence electrons. The molecule has 0 saturated heterocycles. The van der Waals surface area contributed by atoms with Crippen LogP contribution in [0.1, 0.15) is 386 Å². The summed E-state index contributed by atoms with van der Waals surface area (Å²) in [5, 5.41) is 0. The van der Waals surface area contributed by atoms with E-state index in [2.05, 4.69) is 74.6 Å². The van der Waals surface area contributed by atoms with Crippen LogP contribution < -0.4 is 4.89 Å². The van der Waals surface area contributed by atoms with Crippen molar-refractivity contribution < 1.29 is 42.1 Å². The normalized spacial score (nSPS) is 13.4. The Kier molecular flexibility index (Phi) is 69.2. The molecule has 0 saturated carbocycles. The molecule has 9 nitrogen and oxygen atoms in total. The van der Waals surface area contributed by atoms with Gasteiger partial charge in [0.15, 0.2) is 6.10 Å². The van der Waals surface area contributed by atoms with Gasteiger partial charge in [0.2, 0.25) is 0 Å². The average Bonchev–Trinajstić information content (AvgIpc) is 3.62. The fourth-order valence-electron chi connectivity index (χ4n) is 11.6. The lowest BCUT2D eigenvalue weighted by Gasteiger charge is -2.28. The van der Waals surface area contributed by atoms with Crippen molar-refractivity contribution in [2.24, 2.45) is 0 Å². The Labute approximate surface area is 559 Å². The number of esters is 2. The van der Waals surface area contributed by atoms with Gasteiger partial charge < -0.3 is 27.9 Å². The predicted octanol–water partition coefficient (Wildman–Crippen LogP) is 25.1. The van der Waals surface area contributed by atoms with Crippen molar-refractivity contribution in [1.29, 1.82) is 0 Å². The van der Waals surface area contributed by atoms with Crippen LogP contribution >= 0.6 is 7.82 Å². The minimum atomic E-state index is -4.64. The second kappa shape index (κ2) is 71.0. The molecule has 10 heteroatoms. The molecule has 0 radical (unpaired) electrons. The van der Waals surface area contributed by atoms with Gasteiger partial charge in [0.1, 0.15) is 19.8 Å². The monoisotopic (exact) mass is 1280 g/mol. The molecule has 0 N–H and O–H groups in total. The van der Waals surface area contributed by atoms with Crippen molar-refractivity contribution in [2.75, 3.05) is 47.5 Å². The maximum atomic E-state index is 12.9. The van der Waals surface area contributed by atoms with E-state index in [9.17, 15) is 19.0 Å². The van der Waals surface area contributed by atoms with E-state index < -0.39 is 26.5 Å². The second-order valence-electron chi connectivity index (χ2n) is 27.7. The molecule has 0 fully saturated rings. The molecule has 0 aromatic carbocycles. The molecule has 0 aliphatic heterocycles. The molecular weight excluding hydrogens is 1130 g/mol. The molecule has 0 rings (SSSR count). The van der Waals surface area contributed by atoms with Crippen LogP contribution in [0.15, 0.2) is 60.8 Å². The highest BCUT2D eigenvalue weighted by Gasteiger charge is 2.22. The van der Waals surface area contributed by atoms with Crippen LogP contribution in [0.4, 0.5) is 0 Å². The van der Waals surface area contributed by atoms with Crippen molar-refractivity contribution in [3.8, 4) is 0 Å². The third-order valence-corrected chi connectivity index (χ3v) is 18.5. The summed E-state index contributed by atoms with van der Waals surface area (Å²) >= 11 is 0. The standard InChI is InChI=1S/C80H150NO8P/c1-6-8-10-12-14-16-18-20-22-24-26-28-30-32-33-34-35-36-37-38-39-40-41-42-43-44-45-46-47-49-51-53-55-57-59-61-63-65-67-69-71-73-80(83)89-78(77-88-90(84,85)87-75-74-81(3,4)5)76-86-79(82)72-70-68-66-64-62-60-58-56-54-52-50-48-31-29-27-25-23-21-19-17-15-13-11-9-7-2/h8,10,14,16,20,22,26,28,32-33,78H,6-7,9,11-13,15,17-19,21,23-25,27,29-31,34-77H2,1-5H3/b10-8-,16-14-,22-20-,28-26-,33-32-. The van der Waals surface area contributed by atoms with E-state index in [0.29, 0.717) is 17.4 Å². The number of nitrogens with zero attached hydrogens (tertiary/aromatic N) is 1. The largest absolute Gasteiger partial charge is 0.756 e. The highest BCUT2D eigenvalue weighted by atomic mass is 31.2. The summed E-state index contributed by atoms with van der Waals surface area (Å²) in [5.41, 5.74) is 0. The third kappa shape index (κ3) is 74.7. The van der Waals surface area contributed by atoms with Crippen LogP contribution in [0.25, 0.3) is 0 Å². The number of hydrogen-bond acceptors (Lipinski definition) is 8. The first-order valence-electron chi connectivity index (χ1n) is 39.0. The highest BCUT2D eigenvalue weighted by Crippen LogP contribution is 2.38. The van der Waals surface area contributed by atoms with E-state index >= 15 is 0 Å². The van der Waals surface area contributed by atoms with Gasteiger partial charge in [0.25, 0.3) is 7.82 Å². The quantitative estimate of drug-likeness (QED) is 0.0195. The van der Waals surface area contributed by atoms with E-state index in [1.807, 2.05) is 21.1 Å². The zero-order chi connectivity index (χ0) is 65.5. The maximum Gasteiger partial charge on any atom is 0.306 e. The number of allylic oxidation sites excluding steroid dienone is 10. The number of likely N-dealkylation sites (N-methyl/N-ethyl adjacent to an activating group) is 1. The first kappa shape index (κ1) is 87.7. The van der Waals surface area contributed by atoms with Crippen molar-refractivity contribution >= 4 is 19.8 Å². The highest BCUT2D eigenvalue weighted by molar-refractivity contribution is 7.45. The van der Waals surface area contributed by atoms with E-state index in [-0.39, 0.29) is 32.0 Å². The lowest BCUT2D eigenvalue weighted by atomic mass is 10.0. The van der Waals surface area contributed by atoms with Crippen molar-refractivity contribution in [3.63, 3.8) is 0 Å². The predicted molar refractivity (Wildman–Crippen MR) is 388 cm³/mol. The number of hydrogen-bond donors (Lipinski definition) is 0. The Balaban J connectivity index is 3.89. The number of carbonyl (C=O) groups is 2. The maximum absolute atomic E-state index is 12.9. The van der Waals surface area contributed by atoms with Crippen LogP contribution in [0, 0.1) is 0 Å². The molecular formula is C80H150NO8P. The number of unbranched alkanes of at least 4 members (excludes halogenated alkanes) is 49. The molecule has 0 aromatic heterocycles. The fourth-order valence-corrected chi connectivity index (χ4v) is 12.4. The van der Waals surface area contributed by atoms with Crippen LogP contribution in [-0.4, -0.2) is 70.0 Å². The first-order chi connectivity index (χ1) is 44.0. The van der Waals surface area contributed by atoms with Crippen molar-refractivity contribution in [1.82, 2.24) is 0 Å². The number of rotatable bonds is 73. The van der Waals surface area contributed by atoms with Gasteiger partial charge >= 0.3 is 11.9 Å². The van der Waals surface area contributed by atoms with Crippen LogP contribution in [0.5, 0.6) is 0 Å². The Bertz CT molecular complexity index is 1700. The molecule has 0 spiro atoms. The minimum absolute atomic E-state index is 0.0275. The van der Waals surface area contributed by atoms with E-state index in [1.165, 1.54) is 289 Å². The van der Waals surface area contributed by atoms with Crippen molar-refractivity contribution in [2.45, 2.75) is 392 Å². The van der Waals surface area contributed by atoms with Gasteiger partial charge in [0, 0.05) is 12.8 Å². The second-order valence-corrected chi connectivity index (χ2v) is 29.1. The van der Waals surface area contributed by atoms with Gasteiger partial charge in [-0.05, 0) is 57.8 Å². The van der Waals surface area contributed by atoms with Gasteiger partial charge in [-0.3, -0.25) is 14.2 Å². The molecule has 2 atom stereocenters. The topological polar surface area (TPSA) is 111 Å². The van der Waals surface area contributed by atoms with Gasteiger partial charge in [0.05, 0.1) is 27.7 Å². The first-order valence-corrected chi connectivity index (χ1v) is 40.5. The smallest absolute Gasteiger partial charge is 0.306 e. The molecule has 90 heavy (non-hydrogen) atoms. The number of phosphoric acid groups is 1. The van der Waals surface area contributed by atoms with Crippen LogP contribution in [0.3, 0.4) is 0 Å². The molecule has 0 aliphatic carbocycles. The van der Waals surface area contributed by atoms with E-state index in [0.717, 1.165) is 64.2 Å². The zero-order valence-corrected chi connectivity index (χ0v) is 61.2. The van der Waals surface area contributed by atoms with Crippen LogP contribution in [-0.2, 0) is 32.7 Å². The summed E-state index contributed by atoms with van der Waals surface area (Å²) in [6.07, 6.45) is 94.9. The van der Waals surface area contributed by atoms with Crippen molar-refractivity contribution in [3.05, 3.63) is 60.8 Å². The summed E-state index contributed by atoms with van der Waals surface area (Å²) in [4.78, 5) is 38.1. The Morgan fingerprint density at radius 3 is 0.944 bits per heavy atom. The summed E-state index contributed by atoms with van der Waals surface area (Å²) < 4.78 is 34.4. The van der Waals surface area contributed by atoms with Gasteiger partial charge in [-0.1, -0.05) is 376 Å². The Morgan fingerprint density at radius 2 is 0.633 bits per heavy atom. The summed E-state index contributed by atoms with van der Waals surface area (Å²) in [6.45, 7) is 4.20. The molecule has 0 aromatic rings. The van der Waals surface area contributed by atoms with Gasteiger partial charge in [-0.25, -0.2) is 0 Å². The lowest BCUT2D eigenvalue weighted by molar-refractivity contribution is -0.870. The Hall–Kier alpha value is -2.29. The third-order valence-electron chi connectivity index (χ3n) is 17.6. The molecule has 0 bridgehead atoms. The molecule has 0 heterocycles. The number of ether oxygens (including phenoxy) is 2. The Morgan fingerprint density at radius 1 is 0.356 bits per heavy atom. The molecule has 0 aliphatic rings. The SMILES string of the molecule is CC/C=C\C/C=C\C/C=C\C/C=C\C/C=C\CCCCCCCCCCCCCCCCCCCCCCCCCCCC(=O)OC(COC(=O)CCCCCCCCCCCCCCCCCCCCCCCCCCC)COP(=O)([O-])OCC[N+](C)(C)C. The summed E-state index contributed by atoms with van der Waals surface area (Å²) in [6, 6.07) is 0. The molecule has 2 unspecified atom stereocenters. The van der Waals surface area contributed by atoms with Gasteiger partial charge in [-0.15, -0.1) is 0 Å².